The number of ether oxygens (including phenoxy) is 2. The van der Waals surface area contributed by atoms with Gasteiger partial charge in [0.05, 0.1) is 7.11 Å². The first-order chi connectivity index (χ1) is 10.1. The van der Waals surface area contributed by atoms with Gasteiger partial charge in [0.1, 0.15) is 11.5 Å². The summed E-state index contributed by atoms with van der Waals surface area (Å²) in [5.41, 5.74) is 1.02. The summed E-state index contributed by atoms with van der Waals surface area (Å²) in [5.74, 6) is 0.264. The summed E-state index contributed by atoms with van der Waals surface area (Å²) in [5, 5.41) is 2.75. The number of esters is 1. The zero-order valence-corrected chi connectivity index (χ0v) is 11.8. The highest BCUT2D eigenvalue weighted by Gasteiger charge is 2.08. The maximum absolute atomic E-state index is 12.2. The number of carbonyl (C=O) groups excluding carboxylic acids is 2. The van der Waals surface area contributed by atoms with Crippen LogP contribution in [-0.4, -0.2) is 19.0 Å². The predicted molar refractivity (Wildman–Crippen MR) is 78.7 cm³/mol. The van der Waals surface area contributed by atoms with E-state index in [9.17, 15) is 9.59 Å². The SMILES string of the molecule is COc1cccc(NC(=O)c2cccc(OC(C)=O)c2)c1. The summed E-state index contributed by atoms with van der Waals surface area (Å²) in [6, 6.07) is 13.5. The van der Waals surface area contributed by atoms with Crippen LogP contribution in [0.4, 0.5) is 5.69 Å². The first kappa shape index (κ1) is 14.6. The Kier molecular flexibility index (Phi) is 4.56. The van der Waals surface area contributed by atoms with Crippen molar-refractivity contribution in [2.45, 2.75) is 6.92 Å². The first-order valence-corrected chi connectivity index (χ1v) is 6.32. The summed E-state index contributed by atoms with van der Waals surface area (Å²) >= 11 is 0. The Bertz CT molecular complexity index is 667. The third-order valence-electron chi connectivity index (χ3n) is 2.69. The molecule has 0 aliphatic carbocycles. The molecule has 1 amide bonds. The minimum absolute atomic E-state index is 0.294. The highest BCUT2D eigenvalue weighted by atomic mass is 16.5. The van der Waals surface area contributed by atoms with E-state index >= 15 is 0 Å². The monoisotopic (exact) mass is 285 g/mol. The van der Waals surface area contributed by atoms with Crippen LogP contribution < -0.4 is 14.8 Å². The zero-order valence-electron chi connectivity index (χ0n) is 11.8. The Hall–Kier alpha value is -2.82. The van der Waals surface area contributed by atoms with Crippen molar-refractivity contribution in [3.8, 4) is 11.5 Å². The topological polar surface area (TPSA) is 64.6 Å². The summed E-state index contributed by atoms with van der Waals surface area (Å²) < 4.78 is 10.0. The Balaban J connectivity index is 2.14. The highest BCUT2D eigenvalue weighted by Crippen LogP contribution is 2.19. The molecule has 0 aliphatic rings. The van der Waals surface area contributed by atoms with Crippen molar-refractivity contribution in [2.24, 2.45) is 0 Å². The molecule has 0 radical (unpaired) electrons. The van der Waals surface area contributed by atoms with Gasteiger partial charge in [0.25, 0.3) is 5.91 Å². The number of anilines is 1. The number of amides is 1. The van der Waals surface area contributed by atoms with Gasteiger partial charge in [-0.15, -0.1) is 0 Å². The van der Waals surface area contributed by atoms with Crippen molar-refractivity contribution < 1.29 is 19.1 Å². The molecular formula is C16H15NO4. The van der Waals surface area contributed by atoms with Gasteiger partial charge in [-0.1, -0.05) is 12.1 Å². The van der Waals surface area contributed by atoms with Crippen molar-refractivity contribution in [2.75, 3.05) is 12.4 Å². The predicted octanol–water partition coefficient (Wildman–Crippen LogP) is 2.87. The van der Waals surface area contributed by atoms with Gasteiger partial charge in [-0.05, 0) is 30.3 Å². The van der Waals surface area contributed by atoms with E-state index in [2.05, 4.69) is 5.32 Å². The lowest BCUT2D eigenvalue weighted by Crippen LogP contribution is -2.12. The van der Waals surface area contributed by atoms with Crippen LogP contribution in [0.15, 0.2) is 48.5 Å². The number of hydrogen-bond acceptors (Lipinski definition) is 4. The molecule has 5 heteroatoms. The lowest BCUT2D eigenvalue weighted by molar-refractivity contribution is -0.131. The molecule has 0 spiro atoms. The Morgan fingerprint density at radius 1 is 1.00 bits per heavy atom. The second kappa shape index (κ2) is 6.56. The van der Waals surface area contributed by atoms with Crippen LogP contribution in [0.1, 0.15) is 17.3 Å². The number of benzene rings is 2. The van der Waals surface area contributed by atoms with Gasteiger partial charge < -0.3 is 14.8 Å². The van der Waals surface area contributed by atoms with E-state index in [1.165, 1.54) is 13.0 Å². The number of hydrogen-bond donors (Lipinski definition) is 1. The fraction of sp³-hybridized carbons (Fsp3) is 0.125. The summed E-state index contributed by atoms with van der Waals surface area (Å²) in [7, 11) is 1.56. The molecule has 108 valence electrons. The van der Waals surface area contributed by atoms with Gasteiger partial charge in [0, 0.05) is 24.2 Å². The molecule has 5 nitrogen and oxygen atoms in total. The Morgan fingerprint density at radius 3 is 2.43 bits per heavy atom. The number of nitrogens with one attached hydrogen (secondary N) is 1. The smallest absolute Gasteiger partial charge is 0.308 e. The molecule has 0 bridgehead atoms. The maximum atomic E-state index is 12.2. The van der Waals surface area contributed by atoms with E-state index in [-0.39, 0.29) is 5.91 Å². The van der Waals surface area contributed by atoms with Crippen LogP contribution in [-0.2, 0) is 4.79 Å². The van der Waals surface area contributed by atoms with E-state index in [1.54, 1.807) is 49.6 Å². The average Bonchev–Trinajstić information content (AvgIpc) is 2.47. The Labute approximate surface area is 122 Å². The van der Waals surface area contributed by atoms with Gasteiger partial charge >= 0.3 is 5.97 Å². The van der Waals surface area contributed by atoms with E-state index in [4.69, 9.17) is 9.47 Å². The van der Waals surface area contributed by atoms with Gasteiger partial charge in [0.15, 0.2) is 0 Å². The molecule has 2 aromatic rings. The number of carbonyl (C=O) groups is 2. The van der Waals surface area contributed by atoms with E-state index in [0.717, 1.165) is 0 Å². The largest absolute Gasteiger partial charge is 0.497 e. The fourth-order valence-electron chi connectivity index (χ4n) is 1.77. The third kappa shape index (κ3) is 4.07. The van der Waals surface area contributed by atoms with Crippen molar-refractivity contribution in [3.05, 3.63) is 54.1 Å². The second-order valence-electron chi connectivity index (χ2n) is 4.31. The third-order valence-corrected chi connectivity index (χ3v) is 2.69. The van der Waals surface area contributed by atoms with Crippen LogP contribution in [0.3, 0.4) is 0 Å². The lowest BCUT2D eigenvalue weighted by Gasteiger charge is -2.08. The Morgan fingerprint density at radius 2 is 1.71 bits per heavy atom. The quantitative estimate of drug-likeness (QED) is 0.693. The standard InChI is InChI=1S/C16H15NO4/c1-11(18)21-15-8-3-5-12(9-15)16(19)17-13-6-4-7-14(10-13)20-2/h3-10H,1-2H3,(H,17,19). The molecule has 2 rings (SSSR count). The van der Waals surface area contributed by atoms with Crippen LogP contribution >= 0.6 is 0 Å². The number of rotatable bonds is 4. The van der Waals surface area contributed by atoms with Gasteiger partial charge in [0.2, 0.25) is 0 Å². The second-order valence-corrected chi connectivity index (χ2v) is 4.31. The molecule has 0 heterocycles. The van der Waals surface area contributed by atoms with Crippen LogP contribution in [0.25, 0.3) is 0 Å². The zero-order chi connectivity index (χ0) is 15.2. The molecule has 2 aromatic carbocycles. The van der Waals surface area contributed by atoms with Gasteiger partial charge in [-0.25, -0.2) is 0 Å². The molecule has 1 N–H and O–H groups in total. The van der Waals surface area contributed by atoms with E-state index < -0.39 is 5.97 Å². The van der Waals surface area contributed by atoms with Crippen molar-refractivity contribution >= 4 is 17.6 Å². The van der Waals surface area contributed by atoms with Crippen molar-refractivity contribution in [1.29, 1.82) is 0 Å². The summed E-state index contributed by atoms with van der Waals surface area (Å²) in [6.45, 7) is 1.31. The van der Waals surface area contributed by atoms with Crippen LogP contribution in [0.5, 0.6) is 11.5 Å². The molecule has 0 atom stereocenters. The van der Waals surface area contributed by atoms with Crippen molar-refractivity contribution in [1.82, 2.24) is 0 Å². The molecule has 0 aromatic heterocycles. The molecule has 0 unspecified atom stereocenters. The molecule has 21 heavy (non-hydrogen) atoms. The molecule has 0 saturated heterocycles. The minimum Gasteiger partial charge on any atom is -0.497 e. The minimum atomic E-state index is -0.430. The average molecular weight is 285 g/mol. The molecule has 0 aliphatic heterocycles. The first-order valence-electron chi connectivity index (χ1n) is 6.32. The molecular weight excluding hydrogens is 270 g/mol. The van der Waals surface area contributed by atoms with E-state index in [1.807, 2.05) is 0 Å². The van der Waals surface area contributed by atoms with Gasteiger partial charge in [-0.2, -0.15) is 0 Å². The van der Waals surface area contributed by atoms with Gasteiger partial charge in [-0.3, -0.25) is 9.59 Å². The highest BCUT2D eigenvalue weighted by molar-refractivity contribution is 6.04. The molecule has 0 fully saturated rings. The van der Waals surface area contributed by atoms with Crippen LogP contribution in [0.2, 0.25) is 0 Å². The number of methoxy groups -OCH3 is 1. The maximum Gasteiger partial charge on any atom is 0.308 e. The summed E-state index contributed by atoms with van der Waals surface area (Å²) in [4.78, 5) is 23.1. The van der Waals surface area contributed by atoms with Crippen LogP contribution in [0, 0.1) is 0 Å². The fourth-order valence-corrected chi connectivity index (χ4v) is 1.77. The lowest BCUT2D eigenvalue weighted by atomic mass is 10.2. The normalized spacial score (nSPS) is 9.81. The molecule has 0 saturated carbocycles. The summed E-state index contributed by atoms with van der Waals surface area (Å²) in [6.07, 6.45) is 0. The van der Waals surface area contributed by atoms with Crippen molar-refractivity contribution in [3.63, 3.8) is 0 Å². The van der Waals surface area contributed by atoms with E-state index in [0.29, 0.717) is 22.7 Å².